The lowest BCUT2D eigenvalue weighted by Crippen LogP contribution is -2.34. The highest BCUT2D eigenvalue weighted by Gasteiger charge is 2.25. The number of rotatable bonds is 4. The normalized spacial score (nSPS) is 13.2. The van der Waals surface area contributed by atoms with E-state index >= 15 is 0 Å². The molecule has 0 spiro atoms. The number of nitrogens with zero attached hydrogens (tertiary/aromatic N) is 2. The van der Waals surface area contributed by atoms with Crippen molar-refractivity contribution in [1.29, 1.82) is 0 Å². The minimum Gasteiger partial charge on any atom is -0.358 e. The predicted molar refractivity (Wildman–Crippen MR) is 124 cm³/mol. The molecule has 0 atom stereocenters. The van der Waals surface area contributed by atoms with Crippen molar-refractivity contribution < 1.29 is 9.59 Å². The number of thioether (sulfide) groups is 1. The quantitative estimate of drug-likeness (QED) is 0.433. The van der Waals surface area contributed by atoms with Crippen LogP contribution in [0.1, 0.15) is 5.56 Å². The first-order chi connectivity index (χ1) is 15.2. The van der Waals surface area contributed by atoms with Gasteiger partial charge in [0.2, 0.25) is 5.91 Å². The molecule has 0 saturated carbocycles. The molecular formula is C23H19N5O2S. The number of fused-ring (bicyclic) bond motifs is 2. The highest BCUT2D eigenvalue weighted by atomic mass is 32.2. The summed E-state index contributed by atoms with van der Waals surface area (Å²) in [4.78, 5) is 35.4. The second-order valence-corrected chi connectivity index (χ2v) is 8.13. The molecule has 0 saturated heterocycles. The number of carbonyl (C=O) groups excluding carboxylic acids is 2. The van der Waals surface area contributed by atoms with Crippen molar-refractivity contribution in [1.82, 2.24) is 9.97 Å². The van der Waals surface area contributed by atoms with Gasteiger partial charge in [-0.3, -0.25) is 9.78 Å². The van der Waals surface area contributed by atoms with Crippen LogP contribution < -0.4 is 15.5 Å². The summed E-state index contributed by atoms with van der Waals surface area (Å²) in [6.07, 6.45) is 3.39. The molecule has 4 aromatic rings. The first kappa shape index (κ1) is 19.2. The molecule has 0 radical (unpaired) electrons. The minimum absolute atomic E-state index is 0.0489. The van der Waals surface area contributed by atoms with Crippen LogP contribution in [0.25, 0.3) is 11.0 Å². The van der Waals surface area contributed by atoms with Crippen LogP contribution in [0.2, 0.25) is 0 Å². The van der Waals surface area contributed by atoms with Gasteiger partial charge in [-0.1, -0.05) is 30.3 Å². The lowest BCUT2D eigenvalue weighted by atomic mass is 10.2. The van der Waals surface area contributed by atoms with Gasteiger partial charge in [0.25, 0.3) is 0 Å². The van der Waals surface area contributed by atoms with E-state index in [1.54, 1.807) is 17.3 Å². The minimum atomic E-state index is -0.379. The number of pyridine rings is 1. The Morgan fingerprint density at radius 1 is 1.10 bits per heavy atom. The summed E-state index contributed by atoms with van der Waals surface area (Å²) in [7, 11) is 0. The SMILES string of the molecule is O=C(Nc1ccc2c(c1)N(Cc1ccccc1)C(=O)CS2)Nc1c[nH]c2cccnc12. The molecule has 3 heterocycles. The molecule has 31 heavy (non-hydrogen) atoms. The molecule has 1 aliphatic heterocycles. The summed E-state index contributed by atoms with van der Waals surface area (Å²) in [6.45, 7) is 0.490. The van der Waals surface area contributed by atoms with Gasteiger partial charge in [0, 0.05) is 23.0 Å². The van der Waals surface area contributed by atoms with Gasteiger partial charge in [-0.05, 0) is 35.9 Å². The summed E-state index contributed by atoms with van der Waals surface area (Å²) in [5, 5.41) is 5.68. The summed E-state index contributed by atoms with van der Waals surface area (Å²) in [5.41, 5.74) is 4.60. The molecule has 3 amide bonds. The first-order valence-corrected chi connectivity index (χ1v) is 10.8. The number of aromatic nitrogens is 2. The van der Waals surface area contributed by atoms with Crippen LogP contribution >= 0.6 is 11.8 Å². The van der Waals surface area contributed by atoms with Gasteiger partial charge in [-0.25, -0.2) is 4.79 Å². The number of amides is 3. The Bertz CT molecular complexity index is 1270. The van der Waals surface area contributed by atoms with Crippen molar-refractivity contribution in [2.75, 3.05) is 21.3 Å². The molecular weight excluding hydrogens is 410 g/mol. The summed E-state index contributed by atoms with van der Waals surface area (Å²) in [5.74, 6) is 0.452. The zero-order valence-electron chi connectivity index (χ0n) is 16.5. The van der Waals surface area contributed by atoms with Gasteiger partial charge in [0.15, 0.2) is 0 Å². The maximum absolute atomic E-state index is 12.6. The number of anilines is 3. The fraction of sp³-hybridized carbons (Fsp3) is 0.0870. The van der Waals surface area contributed by atoms with E-state index in [0.29, 0.717) is 29.2 Å². The molecule has 0 bridgehead atoms. The molecule has 3 N–H and O–H groups in total. The lowest BCUT2D eigenvalue weighted by Gasteiger charge is -2.29. The molecule has 0 fully saturated rings. The molecule has 7 nitrogen and oxygen atoms in total. The van der Waals surface area contributed by atoms with Crippen molar-refractivity contribution in [3.63, 3.8) is 0 Å². The van der Waals surface area contributed by atoms with Gasteiger partial charge < -0.3 is 20.5 Å². The van der Waals surface area contributed by atoms with Crippen molar-refractivity contribution in [3.05, 3.63) is 78.6 Å². The fourth-order valence-corrected chi connectivity index (χ4v) is 4.47. The maximum atomic E-state index is 12.6. The van der Waals surface area contributed by atoms with Gasteiger partial charge in [0.05, 0.1) is 29.2 Å². The first-order valence-electron chi connectivity index (χ1n) is 9.78. The molecule has 0 unspecified atom stereocenters. The highest BCUT2D eigenvalue weighted by molar-refractivity contribution is 8.00. The van der Waals surface area contributed by atoms with Gasteiger partial charge in [-0.15, -0.1) is 11.8 Å². The van der Waals surface area contributed by atoms with Gasteiger partial charge in [0.1, 0.15) is 5.52 Å². The maximum Gasteiger partial charge on any atom is 0.323 e. The zero-order chi connectivity index (χ0) is 21.2. The Hall–Kier alpha value is -3.78. The van der Waals surface area contributed by atoms with Crippen LogP contribution in [0.5, 0.6) is 0 Å². The number of carbonyl (C=O) groups is 2. The number of hydrogen-bond acceptors (Lipinski definition) is 4. The number of hydrogen-bond donors (Lipinski definition) is 3. The third kappa shape index (κ3) is 3.97. The van der Waals surface area contributed by atoms with Crippen molar-refractivity contribution in [2.45, 2.75) is 11.4 Å². The van der Waals surface area contributed by atoms with Gasteiger partial charge in [-0.2, -0.15) is 0 Å². The average Bonchev–Trinajstić information content (AvgIpc) is 3.19. The molecule has 154 valence electrons. The van der Waals surface area contributed by atoms with E-state index in [1.807, 2.05) is 60.7 Å². The second kappa shape index (κ2) is 8.16. The second-order valence-electron chi connectivity index (χ2n) is 7.12. The zero-order valence-corrected chi connectivity index (χ0v) is 17.3. The Labute approximate surface area is 182 Å². The Morgan fingerprint density at radius 3 is 2.84 bits per heavy atom. The van der Waals surface area contributed by atoms with Gasteiger partial charge >= 0.3 is 6.03 Å². The molecule has 2 aromatic heterocycles. The van der Waals surface area contributed by atoms with Crippen LogP contribution in [0.15, 0.2) is 78.0 Å². The molecule has 2 aromatic carbocycles. The Morgan fingerprint density at radius 2 is 1.97 bits per heavy atom. The van der Waals surface area contributed by atoms with Crippen LogP contribution in [0.4, 0.5) is 21.9 Å². The summed E-state index contributed by atoms with van der Waals surface area (Å²) < 4.78 is 0. The third-order valence-corrected chi connectivity index (χ3v) is 6.07. The highest BCUT2D eigenvalue weighted by Crippen LogP contribution is 2.38. The predicted octanol–water partition coefficient (Wildman–Crippen LogP) is 4.85. The number of urea groups is 1. The van der Waals surface area contributed by atoms with Crippen LogP contribution in [0, 0.1) is 0 Å². The number of benzene rings is 2. The monoisotopic (exact) mass is 429 g/mol. The summed E-state index contributed by atoms with van der Waals surface area (Å²) in [6, 6.07) is 18.8. The van der Waals surface area contributed by atoms with Crippen LogP contribution in [-0.2, 0) is 11.3 Å². The molecule has 1 aliphatic rings. The van der Waals surface area contributed by atoms with E-state index in [9.17, 15) is 9.59 Å². The Balaban J connectivity index is 1.36. The van der Waals surface area contributed by atoms with E-state index in [2.05, 4.69) is 20.6 Å². The van der Waals surface area contributed by atoms with Crippen LogP contribution in [-0.4, -0.2) is 27.7 Å². The van der Waals surface area contributed by atoms with Crippen molar-refractivity contribution >= 4 is 51.8 Å². The summed E-state index contributed by atoms with van der Waals surface area (Å²) >= 11 is 1.51. The van der Waals surface area contributed by atoms with E-state index in [1.165, 1.54) is 11.8 Å². The Kier molecular flexibility index (Phi) is 5.05. The number of H-pyrrole nitrogens is 1. The van der Waals surface area contributed by atoms with Crippen molar-refractivity contribution in [2.24, 2.45) is 0 Å². The number of aromatic amines is 1. The molecule has 8 heteroatoms. The number of nitrogens with one attached hydrogen (secondary N) is 3. The average molecular weight is 430 g/mol. The van der Waals surface area contributed by atoms with Crippen LogP contribution in [0.3, 0.4) is 0 Å². The van der Waals surface area contributed by atoms with E-state index < -0.39 is 0 Å². The van der Waals surface area contributed by atoms with Crippen molar-refractivity contribution in [3.8, 4) is 0 Å². The fourth-order valence-electron chi connectivity index (χ4n) is 3.55. The smallest absolute Gasteiger partial charge is 0.323 e. The topological polar surface area (TPSA) is 90.1 Å². The molecule has 5 rings (SSSR count). The largest absolute Gasteiger partial charge is 0.358 e. The van der Waals surface area contributed by atoms with E-state index in [4.69, 9.17) is 0 Å². The van der Waals surface area contributed by atoms with E-state index in [-0.39, 0.29) is 11.9 Å². The van der Waals surface area contributed by atoms with E-state index in [0.717, 1.165) is 21.7 Å². The third-order valence-electron chi connectivity index (χ3n) is 5.03. The standard InChI is InChI=1S/C23H19N5O2S/c29-21-14-31-20-9-8-16(11-19(20)28(21)13-15-5-2-1-3-6-15)26-23(30)27-18-12-25-17-7-4-10-24-22(17)18/h1-12,25H,13-14H2,(H2,26,27,30). The molecule has 0 aliphatic carbocycles. The lowest BCUT2D eigenvalue weighted by molar-refractivity contribution is -0.116.